The van der Waals surface area contributed by atoms with Crippen LogP contribution >= 0.6 is 0 Å². The van der Waals surface area contributed by atoms with Gasteiger partial charge >= 0.3 is 95.3 Å². The molecule has 454 valence electrons. The first-order valence-electron chi connectivity index (χ1n) is 20.6. The summed E-state index contributed by atoms with van der Waals surface area (Å²) in [4.78, 5) is 8.14. The number of ether oxygens (including phenoxy) is 2. The number of aliphatic imine (C=N–C) groups is 2. The summed E-state index contributed by atoms with van der Waals surface area (Å²) < 4.78 is 468. The first-order valence-corrected chi connectivity index (χ1v) is 20.6. The molecule has 0 fully saturated rings. The van der Waals surface area contributed by atoms with E-state index in [2.05, 4.69) is 9.98 Å². The Balaban J connectivity index is 1.55. The second-order valence-corrected chi connectivity index (χ2v) is 16.4. The van der Waals surface area contributed by atoms with Gasteiger partial charge in [0.25, 0.3) is 0 Å². The molecule has 0 aliphatic carbocycles. The zero-order valence-corrected chi connectivity index (χ0v) is 37.9. The molecule has 0 aliphatic heterocycles. The summed E-state index contributed by atoms with van der Waals surface area (Å²) in [6.07, 6.45) is -21.9. The average Bonchev–Trinajstić information content (AvgIpc) is 3.32. The molecule has 80 heavy (non-hydrogen) atoms. The predicted octanol–water partition coefficient (Wildman–Crippen LogP) is 17.5. The van der Waals surface area contributed by atoms with E-state index in [0.717, 1.165) is 24.3 Å². The molecule has 0 N–H and O–H groups in total. The van der Waals surface area contributed by atoms with Gasteiger partial charge in [0.15, 0.2) is 0 Å². The molecule has 4 nitrogen and oxygen atoms in total. The van der Waals surface area contributed by atoms with E-state index >= 15 is 0 Å². The van der Waals surface area contributed by atoms with E-state index in [4.69, 9.17) is 9.47 Å². The molecular weight excluding hydrogens is 1210 g/mol. The Morgan fingerprint density at radius 1 is 0.275 bits per heavy atom. The standard InChI is InChI=1S/C42H26F34N2O2/c43-27(44,29(47,48)31(51,52)33(55,56)35(59,60)37(63,64)39(67,68)41(71,72)73)15-1-17-79-25-11-3-21(4-12-25)19-77-23-7-9-24(10-8-23)78-20-22-5-13-26(14-6-22)80-18-2-16-28(45,46)30(49,50)32(53,54)34(57,58)36(61,62)38(65,66)40(69,70)42(74,75)76/h3-14,19-20H,1-2,15-18H2. The van der Waals surface area contributed by atoms with Crippen molar-refractivity contribution in [3.8, 4) is 11.5 Å². The Morgan fingerprint density at radius 3 is 0.713 bits per heavy atom. The van der Waals surface area contributed by atoms with Gasteiger partial charge in [0, 0.05) is 25.3 Å². The molecule has 0 saturated heterocycles. The lowest BCUT2D eigenvalue weighted by Crippen LogP contribution is -2.74. The van der Waals surface area contributed by atoms with E-state index in [-0.39, 0.29) is 34.0 Å². The van der Waals surface area contributed by atoms with Crippen molar-refractivity contribution in [3.63, 3.8) is 0 Å². The van der Waals surface area contributed by atoms with Gasteiger partial charge in [0.05, 0.1) is 24.6 Å². The average molecular weight is 1240 g/mol. The maximum Gasteiger partial charge on any atom is 0.460 e. The van der Waals surface area contributed by atoms with Gasteiger partial charge in [-0.15, -0.1) is 0 Å². The monoisotopic (exact) mass is 1240 g/mol. The van der Waals surface area contributed by atoms with Crippen molar-refractivity contribution in [3.05, 3.63) is 83.9 Å². The number of nitrogens with zero attached hydrogens (tertiary/aromatic N) is 2. The van der Waals surface area contributed by atoms with Crippen LogP contribution in [0.3, 0.4) is 0 Å². The van der Waals surface area contributed by atoms with Crippen LogP contribution in [0.1, 0.15) is 36.8 Å². The number of alkyl halides is 34. The molecule has 0 spiro atoms. The van der Waals surface area contributed by atoms with Crippen LogP contribution in [0.15, 0.2) is 82.8 Å². The lowest BCUT2D eigenvalue weighted by Gasteiger charge is -2.42. The number of hydrogen-bond acceptors (Lipinski definition) is 4. The molecule has 38 heteroatoms. The van der Waals surface area contributed by atoms with Crippen molar-refractivity contribution < 1.29 is 159 Å². The first kappa shape index (κ1) is 68.5. The topological polar surface area (TPSA) is 43.2 Å². The fraction of sp³-hybridized carbons (Fsp3) is 0.524. The van der Waals surface area contributed by atoms with Gasteiger partial charge in [-0.3, -0.25) is 9.98 Å². The molecule has 0 unspecified atom stereocenters. The molecule has 0 aliphatic rings. The molecule has 0 radical (unpaired) electrons. The van der Waals surface area contributed by atoms with Crippen LogP contribution in [0, 0.1) is 0 Å². The highest BCUT2D eigenvalue weighted by Gasteiger charge is 2.97. The summed E-state index contributed by atoms with van der Waals surface area (Å²) in [5, 5.41) is 0. The molecule has 0 atom stereocenters. The van der Waals surface area contributed by atoms with E-state index in [1.807, 2.05) is 0 Å². The number of halogens is 34. The fourth-order valence-corrected chi connectivity index (χ4v) is 5.90. The van der Waals surface area contributed by atoms with Gasteiger partial charge in [-0.2, -0.15) is 149 Å². The van der Waals surface area contributed by atoms with Crippen molar-refractivity contribution >= 4 is 23.8 Å². The Hall–Kier alpha value is -5.78. The summed E-state index contributed by atoms with van der Waals surface area (Å²) in [6, 6.07) is 14.3. The highest BCUT2D eigenvalue weighted by molar-refractivity contribution is 5.83. The highest BCUT2D eigenvalue weighted by Crippen LogP contribution is 2.66. The van der Waals surface area contributed by atoms with E-state index in [1.165, 1.54) is 61.0 Å². The molecular formula is C42H26F34N2O2. The van der Waals surface area contributed by atoms with Gasteiger partial charge in [-0.05, 0) is 96.8 Å². The highest BCUT2D eigenvalue weighted by atomic mass is 19.4. The minimum absolute atomic E-state index is 0.218. The van der Waals surface area contributed by atoms with Crippen molar-refractivity contribution in [1.82, 2.24) is 0 Å². The van der Waals surface area contributed by atoms with Crippen LogP contribution in [-0.4, -0.2) is 121 Å². The van der Waals surface area contributed by atoms with Crippen LogP contribution in [-0.2, 0) is 0 Å². The Bertz CT molecular complexity index is 2420. The van der Waals surface area contributed by atoms with Crippen molar-refractivity contribution in [1.29, 1.82) is 0 Å². The van der Waals surface area contributed by atoms with Gasteiger partial charge in [0.1, 0.15) is 11.5 Å². The molecule has 0 aromatic heterocycles. The van der Waals surface area contributed by atoms with Gasteiger partial charge < -0.3 is 9.47 Å². The van der Waals surface area contributed by atoms with Crippen LogP contribution in [0.25, 0.3) is 0 Å². The predicted molar refractivity (Wildman–Crippen MR) is 205 cm³/mol. The van der Waals surface area contributed by atoms with Crippen molar-refractivity contribution in [2.24, 2.45) is 9.98 Å². The Kier molecular flexibility index (Phi) is 18.7. The minimum atomic E-state index is -8.75. The smallest absolute Gasteiger partial charge is 0.460 e. The largest absolute Gasteiger partial charge is 0.494 e. The minimum Gasteiger partial charge on any atom is -0.494 e. The summed E-state index contributed by atoms with van der Waals surface area (Å²) in [5.74, 6) is -115. The third kappa shape index (κ3) is 11.8. The van der Waals surface area contributed by atoms with Gasteiger partial charge in [-0.1, -0.05) is 0 Å². The fourth-order valence-electron chi connectivity index (χ4n) is 5.90. The number of hydrogen-bond donors (Lipinski definition) is 0. The maximum absolute atomic E-state index is 14.2. The summed E-state index contributed by atoms with van der Waals surface area (Å²) in [7, 11) is 0. The lowest BCUT2D eigenvalue weighted by atomic mass is 9.88. The van der Waals surface area contributed by atoms with E-state index in [9.17, 15) is 149 Å². The zero-order valence-electron chi connectivity index (χ0n) is 37.9. The number of benzene rings is 3. The zero-order chi connectivity index (χ0) is 62.4. The van der Waals surface area contributed by atoms with Crippen molar-refractivity contribution in [2.75, 3.05) is 13.2 Å². The third-order valence-corrected chi connectivity index (χ3v) is 10.7. The normalized spacial score (nSPS) is 15.3. The molecule has 0 bridgehead atoms. The van der Waals surface area contributed by atoms with Crippen molar-refractivity contribution in [2.45, 2.75) is 121 Å². The van der Waals surface area contributed by atoms with Crippen LogP contribution in [0.2, 0.25) is 0 Å². The second kappa shape index (κ2) is 21.8. The third-order valence-electron chi connectivity index (χ3n) is 10.7. The summed E-state index contributed by atoms with van der Waals surface area (Å²) in [5.41, 5.74) is 0.893. The number of rotatable bonds is 26. The molecule has 0 amide bonds. The quantitative estimate of drug-likeness (QED) is 0.0457. The molecule has 3 aromatic carbocycles. The van der Waals surface area contributed by atoms with E-state index in [1.54, 1.807) is 0 Å². The van der Waals surface area contributed by atoms with Gasteiger partial charge in [-0.25, -0.2) is 0 Å². The molecule has 3 rings (SSSR count). The first-order chi connectivity index (χ1) is 35.6. The second-order valence-electron chi connectivity index (χ2n) is 16.4. The molecule has 3 aromatic rings. The SMILES string of the molecule is FC(F)(F)C(F)(F)C(F)(F)C(F)(F)C(F)(F)C(F)(F)C(F)(F)C(F)(F)CCCOc1ccc(C=Nc2ccc(N=Cc3ccc(OCCCC(F)(F)C(F)(F)C(F)(F)C(F)(F)C(F)(F)C(F)(F)C(F)(F)C(F)(F)F)cc3)cc2)cc1. The van der Waals surface area contributed by atoms with E-state index in [0.29, 0.717) is 0 Å². The lowest BCUT2D eigenvalue weighted by molar-refractivity contribution is -0.461. The molecule has 0 saturated carbocycles. The summed E-state index contributed by atoms with van der Waals surface area (Å²) >= 11 is 0. The maximum atomic E-state index is 14.2. The Labute approximate surface area is 422 Å². The molecule has 0 heterocycles. The van der Waals surface area contributed by atoms with Crippen LogP contribution in [0.5, 0.6) is 11.5 Å². The van der Waals surface area contributed by atoms with Crippen LogP contribution < -0.4 is 9.47 Å². The van der Waals surface area contributed by atoms with Gasteiger partial charge in [0.2, 0.25) is 0 Å². The van der Waals surface area contributed by atoms with E-state index < -0.39 is 134 Å². The Morgan fingerprint density at radius 2 is 0.487 bits per heavy atom. The van der Waals surface area contributed by atoms with Crippen LogP contribution in [0.4, 0.5) is 161 Å². The summed E-state index contributed by atoms with van der Waals surface area (Å²) in [6.45, 7) is -2.37.